The predicted octanol–water partition coefficient (Wildman–Crippen LogP) is 6.11. The highest BCUT2D eigenvalue weighted by atomic mass is 32.2. The van der Waals surface area contributed by atoms with Crippen molar-refractivity contribution in [3.63, 3.8) is 0 Å². The number of amides is 2. The molecule has 5 rings (SSSR count). The van der Waals surface area contributed by atoms with E-state index >= 15 is 0 Å². The number of fused-ring (bicyclic) bond motifs is 1. The van der Waals surface area contributed by atoms with Crippen molar-refractivity contribution < 1.29 is 9.59 Å². The summed E-state index contributed by atoms with van der Waals surface area (Å²) in [6.07, 6.45) is 5.96. The van der Waals surface area contributed by atoms with Gasteiger partial charge in [0.25, 0.3) is 11.1 Å². The van der Waals surface area contributed by atoms with Gasteiger partial charge < -0.3 is 4.90 Å². The topological polar surface area (TPSA) is 40.6 Å². The lowest BCUT2D eigenvalue weighted by molar-refractivity contribution is -0.122. The highest BCUT2D eigenvalue weighted by molar-refractivity contribution is 8.18. The average molecular weight is 443 g/mol. The van der Waals surface area contributed by atoms with E-state index in [1.807, 2.05) is 30.3 Å². The van der Waals surface area contributed by atoms with Crippen molar-refractivity contribution in [2.24, 2.45) is 0 Å². The van der Waals surface area contributed by atoms with Crippen LogP contribution in [-0.4, -0.2) is 35.7 Å². The van der Waals surface area contributed by atoms with Crippen LogP contribution in [0, 0.1) is 0 Å². The molecule has 5 heteroatoms. The summed E-state index contributed by atoms with van der Waals surface area (Å²) in [6.45, 7) is 2.63. The van der Waals surface area contributed by atoms with E-state index in [4.69, 9.17) is 0 Å². The van der Waals surface area contributed by atoms with E-state index in [1.54, 1.807) is 0 Å². The number of nitrogens with zero attached hydrogens (tertiary/aromatic N) is 2. The Morgan fingerprint density at radius 3 is 2.34 bits per heavy atom. The summed E-state index contributed by atoms with van der Waals surface area (Å²) in [4.78, 5) is 29.9. The largest absolute Gasteiger partial charge is 0.371 e. The number of imide groups is 1. The molecule has 0 spiro atoms. The van der Waals surface area contributed by atoms with Gasteiger partial charge in [0.15, 0.2) is 0 Å². The zero-order valence-corrected chi connectivity index (χ0v) is 18.8. The van der Waals surface area contributed by atoms with Gasteiger partial charge in [-0.05, 0) is 66.1 Å². The van der Waals surface area contributed by atoms with Crippen molar-refractivity contribution in [2.45, 2.75) is 25.7 Å². The molecule has 0 bridgehead atoms. The van der Waals surface area contributed by atoms with Gasteiger partial charge in [0.05, 0.1) is 4.91 Å². The summed E-state index contributed by atoms with van der Waals surface area (Å²) >= 11 is 1.05. The number of aryl methyl sites for hydroxylation is 1. The van der Waals surface area contributed by atoms with Crippen LogP contribution in [0.25, 0.3) is 16.8 Å². The maximum absolute atomic E-state index is 13.0. The number of hydrogen-bond acceptors (Lipinski definition) is 4. The van der Waals surface area contributed by atoms with E-state index in [0.29, 0.717) is 11.4 Å². The molecular weight excluding hydrogens is 416 g/mol. The fraction of sp³-hybridized carbons (Fsp3) is 0.259. The molecule has 2 fully saturated rings. The van der Waals surface area contributed by atoms with E-state index in [2.05, 4.69) is 47.4 Å². The molecule has 0 unspecified atom stereocenters. The van der Waals surface area contributed by atoms with E-state index < -0.39 is 0 Å². The maximum Gasteiger partial charge on any atom is 0.293 e. The van der Waals surface area contributed by atoms with E-state index in [1.165, 1.54) is 34.4 Å². The molecule has 0 aliphatic carbocycles. The van der Waals surface area contributed by atoms with Crippen LogP contribution in [0.4, 0.5) is 10.5 Å². The lowest BCUT2D eigenvalue weighted by atomic mass is 10.0. The van der Waals surface area contributed by atoms with Crippen LogP contribution in [0.5, 0.6) is 0 Å². The monoisotopic (exact) mass is 442 g/mol. The Bertz CT molecular complexity index is 1180. The number of anilines is 1. The van der Waals surface area contributed by atoms with Gasteiger partial charge >= 0.3 is 0 Å². The Labute approximate surface area is 192 Å². The Morgan fingerprint density at radius 1 is 0.844 bits per heavy atom. The summed E-state index contributed by atoms with van der Waals surface area (Å²) in [6, 6.07) is 22.7. The third-order valence-electron chi connectivity index (χ3n) is 6.23. The Kier molecular flexibility index (Phi) is 5.99. The van der Waals surface area contributed by atoms with Gasteiger partial charge in [0.2, 0.25) is 0 Å². The second kappa shape index (κ2) is 9.21. The first kappa shape index (κ1) is 20.8. The molecule has 3 aromatic carbocycles. The van der Waals surface area contributed by atoms with Crippen LogP contribution in [-0.2, 0) is 11.2 Å². The summed E-state index contributed by atoms with van der Waals surface area (Å²) < 4.78 is 0. The fourth-order valence-electron chi connectivity index (χ4n) is 4.59. The van der Waals surface area contributed by atoms with Crippen LogP contribution < -0.4 is 4.90 Å². The van der Waals surface area contributed by atoms with Gasteiger partial charge in [-0.2, -0.15) is 0 Å². The molecular formula is C27H26N2O2S. The van der Waals surface area contributed by atoms with E-state index in [9.17, 15) is 9.59 Å². The Morgan fingerprint density at radius 2 is 1.56 bits per heavy atom. The van der Waals surface area contributed by atoms with Crippen molar-refractivity contribution >= 4 is 45.4 Å². The lowest BCUT2D eigenvalue weighted by Gasteiger charge is -2.20. The lowest BCUT2D eigenvalue weighted by Crippen LogP contribution is -2.29. The minimum Gasteiger partial charge on any atom is -0.371 e. The summed E-state index contributed by atoms with van der Waals surface area (Å²) in [5, 5.41) is 2.14. The van der Waals surface area contributed by atoms with Gasteiger partial charge in [-0.25, -0.2) is 0 Å². The van der Waals surface area contributed by atoms with Gasteiger partial charge in [-0.3, -0.25) is 14.5 Å². The quantitative estimate of drug-likeness (QED) is 0.432. The molecule has 0 radical (unpaired) electrons. The minimum atomic E-state index is -0.180. The molecule has 0 saturated carbocycles. The Hall–Kier alpha value is -3.05. The molecule has 2 heterocycles. The number of benzene rings is 3. The molecule has 2 aliphatic rings. The van der Waals surface area contributed by atoms with Crippen molar-refractivity contribution in [2.75, 3.05) is 24.5 Å². The molecule has 3 aromatic rings. The first-order valence-corrected chi connectivity index (χ1v) is 12.1. The van der Waals surface area contributed by atoms with Crippen LogP contribution in [0.1, 0.15) is 30.4 Å². The van der Waals surface area contributed by atoms with Crippen LogP contribution in [0.2, 0.25) is 0 Å². The third-order valence-corrected chi connectivity index (χ3v) is 7.14. The molecule has 0 N–H and O–H groups in total. The van der Waals surface area contributed by atoms with Crippen molar-refractivity contribution in [3.8, 4) is 0 Å². The van der Waals surface area contributed by atoms with Gasteiger partial charge in [0, 0.05) is 30.7 Å². The van der Waals surface area contributed by atoms with Gasteiger partial charge in [0.1, 0.15) is 0 Å². The van der Waals surface area contributed by atoms with E-state index in [-0.39, 0.29) is 11.1 Å². The zero-order chi connectivity index (χ0) is 21.9. The Balaban J connectivity index is 1.36. The standard InChI is InChI=1S/C27H26N2O2S/c30-26-25(32-27(31)29(26)18-8-11-20-9-2-1-3-10-20)19-21-14-15-24(28-16-6-7-17-28)23-13-5-4-12-22(21)23/h1-5,9-10,12-15,19H,6-8,11,16-18H2/b25-19+. The molecule has 2 aliphatic heterocycles. The summed E-state index contributed by atoms with van der Waals surface area (Å²) in [7, 11) is 0. The first-order valence-electron chi connectivity index (χ1n) is 11.3. The average Bonchev–Trinajstić information content (AvgIpc) is 3.44. The molecule has 4 nitrogen and oxygen atoms in total. The number of hydrogen-bond donors (Lipinski definition) is 0. The van der Waals surface area contributed by atoms with Crippen LogP contribution >= 0.6 is 11.8 Å². The number of carbonyl (C=O) groups excluding carboxylic acids is 2. The second-order valence-electron chi connectivity index (χ2n) is 8.34. The molecule has 0 aromatic heterocycles. The molecule has 32 heavy (non-hydrogen) atoms. The SMILES string of the molecule is O=C1S/C(=C/c2ccc(N3CCCC3)c3ccccc23)C(=O)N1CCCc1ccccc1. The van der Waals surface area contributed by atoms with Crippen molar-refractivity contribution in [3.05, 3.63) is 82.8 Å². The second-order valence-corrected chi connectivity index (χ2v) is 9.33. The van der Waals surface area contributed by atoms with Gasteiger partial charge in [-0.1, -0.05) is 60.7 Å². The zero-order valence-electron chi connectivity index (χ0n) is 18.0. The van der Waals surface area contributed by atoms with E-state index in [0.717, 1.165) is 48.6 Å². The number of carbonyl (C=O) groups is 2. The number of rotatable bonds is 6. The van der Waals surface area contributed by atoms with Crippen molar-refractivity contribution in [1.29, 1.82) is 0 Å². The summed E-state index contributed by atoms with van der Waals surface area (Å²) in [5.74, 6) is -0.180. The van der Waals surface area contributed by atoms with Crippen LogP contribution in [0.3, 0.4) is 0 Å². The first-order chi connectivity index (χ1) is 15.7. The number of thioether (sulfide) groups is 1. The molecule has 2 saturated heterocycles. The molecule has 162 valence electrons. The smallest absolute Gasteiger partial charge is 0.293 e. The third kappa shape index (κ3) is 4.17. The minimum absolute atomic E-state index is 0.174. The molecule has 0 atom stereocenters. The van der Waals surface area contributed by atoms with Gasteiger partial charge in [-0.15, -0.1) is 0 Å². The van der Waals surface area contributed by atoms with Crippen molar-refractivity contribution in [1.82, 2.24) is 4.90 Å². The summed E-state index contributed by atoms with van der Waals surface area (Å²) in [5.41, 5.74) is 3.46. The van der Waals surface area contributed by atoms with Crippen LogP contribution in [0.15, 0.2) is 71.6 Å². The highest BCUT2D eigenvalue weighted by Crippen LogP contribution is 2.36. The normalized spacial score (nSPS) is 17.8. The predicted molar refractivity (Wildman–Crippen MR) is 133 cm³/mol. The highest BCUT2D eigenvalue weighted by Gasteiger charge is 2.34. The molecule has 2 amide bonds. The fourth-order valence-corrected chi connectivity index (χ4v) is 5.44. The maximum atomic E-state index is 13.0.